The molecule has 18 heavy (non-hydrogen) atoms. The van der Waals surface area contributed by atoms with E-state index in [0.29, 0.717) is 5.88 Å². The molecule has 4 heteroatoms. The zero-order valence-corrected chi connectivity index (χ0v) is 11.0. The highest BCUT2D eigenvalue weighted by atomic mass is 35.5. The number of para-hydroxylation sites is 1. The lowest BCUT2D eigenvalue weighted by Crippen LogP contribution is -2.01. The van der Waals surface area contributed by atoms with Gasteiger partial charge in [-0.1, -0.05) is 18.2 Å². The van der Waals surface area contributed by atoms with Gasteiger partial charge in [-0.05, 0) is 19.4 Å². The molecule has 3 rings (SSSR count). The number of fused-ring (bicyclic) bond motifs is 3. The lowest BCUT2D eigenvalue weighted by molar-refractivity contribution is 0.680. The van der Waals surface area contributed by atoms with Crippen molar-refractivity contribution in [3.05, 3.63) is 36.3 Å². The number of pyridine rings is 1. The molecule has 0 saturated carbocycles. The maximum atomic E-state index is 5.79. The van der Waals surface area contributed by atoms with Crippen LogP contribution in [0.2, 0.25) is 0 Å². The number of aryl methyl sites for hydroxylation is 2. The van der Waals surface area contributed by atoms with Crippen molar-refractivity contribution in [3.63, 3.8) is 0 Å². The molecule has 0 bridgehead atoms. The number of hydrogen-bond donors (Lipinski definition) is 0. The van der Waals surface area contributed by atoms with Crippen molar-refractivity contribution < 1.29 is 0 Å². The van der Waals surface area contributed by atoms with Crippen LogP contribution in [0.25, 0.3) is 21.9 Å². The van der Waals surface area contributed by atoms with Gasteiger partial charge in [0.25, 0.3) is 0 Å². The van der Waals surface area contributed by atoms with Crippen LogP contribution in [0.5, 0.6) is 0 Å². The highest BCUT2D eigenvalue weighted by Crippen LogP contribution is 2.24. The Balaban J connectivity index is 2.32. The van der Waals surface area contributed by atoms with E-state index >= 15 is 0 Å². The van der Waals surface area contributed by atoms with Crippen LogP contribution in [-0.4, -0.2) is 20.4 Å². The number of alkyl halides is 1. The largest absolute Gasteiger partial charge is 0.328 e. The number of rotatable bonds is 3. The Morgan fingerprint density at radius 3 is 2.89 bits per heavy atom. The number of hydrogen-bond acceptors (Lipinski definition) is 2. The van der Waals surface area contributed by atoms with Gasteiger partial charge in [0.15, 0.2) is 0 Å². The monoisotopic (exact) mass is 259 g/mol. The number of halogens is 1. The smallest absolute Gasteiger partial charge is 0.108 e. The van der Waals surface area contributed by atoms with Crippen LogP contribution in [0.3, 0.4) is 0 Å². The van der Waals surface area contributed by atoms with Crippen molar-refractivity contribution in [2.75, 3.05) is 5.88 Å². The fourth-order valence-electron chi connectivity index (χ4n) is 2.37. The summed E-state index contributed by atoms with van der Waals surface area (Å²) in [4.78, 5) is 9.02. The molecule has 0 amide bonds. The van der Waals surface area contributed by atoms with Crippen molar-refractivity contribution in [3.8, 4) is 0 Å². The molecule has 2 aromatic heterocycles. The second-order valence-electron chi connectivity index (χ2n) is 4.36. The van der Waals surface area contributed by atoms with E-state index in [1.165, 1.54) is 5.52 Å². The lowest BCUT2D eigenvalue weighted by Gasteiger charge is -2.07. The van der Waals surface area contributed by atoms with Crippen LogP contribution in [0.15, 0.2) is 30.5 Å². The van der Waals surface area contributed by atoms with Crippen LogP contribution in [0, 0.1) is 6.92 Å². The fourth-order valence-corrected chi connectivity index (χ4v) is 2.49. The van der Waals surface area contributed by atoms with E-state index in [0.717, 1.165) is 35.2 Å². The van der Waals surface area contributed by atoms with Gasteiger partial charge >= 0.3 is 0 Å². The van der Waals surface area contributed by atoms with Gasteiger partial charge < -0.3 is 4.57 Å². The summed E-state index contributed by atoms with van der Waals surface area (Å²) in [6.45, 7) is 2.93. The van der Waals surface area contributed by atoms with Crippen molar-refractivity contribution >= 4 is 33.5 Å². The summed E-state index contributed by atoms with van der Waals surface area (Å²) in [5.41, 5.74) is 3.14. The second-order valence-corrected chi connectivity index (χ2v) is 4.74. The topological polar surface area (TPSA) is 30.7 Å². The van der Waals surface area contributed by atoms with Gasteiger partial charge in [0, 0.05) is 17.8 Å². The summed E-state index contributed by atoms with van der Waals surface area (Å²) in [7, 11) is 0. The quantitative estimate of drug-likeness (QED) is 0.674. The summed E-state index contributed by atoms with van der Waals surface area (Å²) in [6.07, 6.45) is 2.80. The first-order valence-corrected chi connectivity index (χ1v) is 6.61. The van der Waals surface area contributed by atoms with Crippen LogP contribution < -0.4 is 0 Å². The fraction of sp³-hybridized carbons (Fsp3) is 0.286. The third kappa shape index (κ3) is 1.75. The standard InChI is InChI=1S/C14H14ClN3/c1-10-17-13-9-16-12-6-3-2-5-11(12)14(13)18(10)8-4-7-15/h2-3,5-6,9H,4,7-8H2,1H3. The lowest BCUT2D eigenvalue weighted by atomic mass is 10.2. The molecule has 0 spiro atoms. The van der Waals surface area contributed by atoms with E-state index in [-0.39, 0.29) is 0 Å². The van der Waals surface area contributed by atoms with Gasteiger partial charge in [-0.15, -0.1) is 11.6 Å². The number of benzene rings is 1. The minimum absolute atomic E-state index is 0.669. The predicted octanol–water partition coefficient (Wildman–Crippen LogP) is 3.52. The van der Waals surface area contributed by atoms with Crippen molar-refractivity contribution in [1.29, 1.82) is 0 Å². The van der Waals surface area contributed by atoms with Gasteiger partial charge in [-0.25, -0.2) is 4.98 Å². The molecule has 0 radical (unpaired) electrons. The van der Waals surface area contributed by atoms with E-state index in [1.54, 1.807) is 0 Å². The molecule has 0 fully saturated rings. The van der Waals surface area contributed by atoms with Crippen LogP contribution in [0.1, 0.15) is 12.2 Å². The van der Waals surface area contributed by atoms with Crippen LogP contribution >= 0.6 is 11.6 Å². The van der Waals surface area contributed by atoms with Crippen LogP contribution in [-0.2, 0) is 6.54 Å². The Hall–Kier alpha value is -1.61. The predicted molar refractivity (Wildman–Crippen MR) is 75.1 cm³/mol. The van der Waals surface area contributed by atoms with Crippen LogP contribution in [0.4, 0.5) is 0 Å². The molecule has 0 aliphatic heterocycles. The molecule has 0 aliphatic carbocycles. The van der Waals surface area contributed by atoms with Gasteiger partial charge in [0.05, 0.1) is 17.2 Å². The molecule has 1 aromatic carbocycles. The number of nitrogens with zero attached hydrogens (tertiary/aromatic N) is 3. The van der Waals surface area contributed by atoms with Crippen molar-refractivity contribution in [1.82, 2.24) is 14.5 Å². The average molecular weight is 260 g/mol. The minimum atomic E-state index is 0.669. The zero-order valence-electron chi connectivity index (χ0n) is 10.2. The molecule has 0 unspecified atom stereocenters. The molecular weight excluding hydrogens is 246 g/mol. The maximum absolute atomic E-state index is 5.79. The minimum Gasteiger partial charge on any atom is -0.328 e. The molecule has 92 valence electrons. The van der Waals surface area contributed by atoms with Crippen molar-refractivity contribution in [2.24, 2.45) is 0 Å². The molecule has 0 aliphatic rings. The van der Waals surface area contributed by atoms with E-state index in [9.17, 15) is 0 Å². The highest BCUT2D eigenvalue weighted by molar-refractivity contribution is 6.17. The second kappa shape index (κ2) is 4.58. The van der Waals surface area contributed by atoms with E-state index in [1.807, 2.05) is 31.3 Å². The van der Waals surface area contributed by atoms with Gasteiger partial charge in [-0.3, -0.25) is 4.98 Å². The van der Waals surface area contributed by atoms with E-state index in [2.05, 4.69) is 20.6 Å². The molecule has 0 atom stereocenters. The van der Waals surface area contributed by atoms with Gasteiger partial charge in [0.1, 0.15) is 11.3 Å². The third-order valence-corrected chi connectivity index (χ3v) is 3.45. The normalized spacial score (nSPS) is 11.4. The number of aromatic nitrogens is 3. The molecular formula is C14H14ClN3. The summed E-state index contributed by atoms with van der Waals surface area (Å²) < 4.78 is 2.24. The third-order valence-electron chi connectivity index (χ3n) is 3.19. The van der Waals surface area contributed by atoms with E-state index < -0.39 is 0 Å². The van der Waals surface area contributed by atoms with Crippen molar-refractivity contribution in [2.45, 2.75) is 19.9 Å². The van der Waals surface area contributed by atoms with E-state index in [4.69, 9.17) is 11.6 Å². The SMILES string of the molecule is Cc1nc2cnc3ccccc3c2n1CCCCl. The van der Waals surface area contributed by atoms with Gasteiger partial charge in [0.2, 0.25) is 0 Å². The Labute approximate surface area is 110 Å². The summed E-state index contributed by atoms with van der Waals surface area (Å²) in [5.74, 6) is 1.69. The first-order chi connectivity index (χ1) is 8.81. The molecule has 0 N–H and O–H groups in total. The molecule has 3 nitrogen and oxygen atoms in total. The first-order valence-electron chi connectivity index (χ1n) is 6.08. The molecule has 2 heterocycles. The average Bonchev–Trinajstić information content (AvgIpc) is 2.72. The molecule has 0 saturated heterocycles. The zero-order chi connectivity index (χ0) is 12.5. The first kappa shape index (κ1) is 11.5. The Morgan fingerprint density at radius 2 is 2.06 bits per heavy atom. The Kier molecular flexibility index (Phi) is 2.92. The number of imidazole rings is 1. The summed E-state index contributed by atoms with van der Waals surface area (Å²) >= 11 is 5.79. The summed E-state index contributed by atoms with van der Waals surface area (Å²) in [5, 5.41) is 1.16. The maximum Gasteiger partial charge on any atom is 0.108 e. The summed E-state index contributed by atoms with van der Waals surface area (Å²) in [6, 6.07) is 8.18. The molecule has 3 aromatic rings. The Morgan fingerprint density at radius 1 is 1.22 bits per heavy atom. The Bertz CT molecular complexity index is 703. The highest BCUT2D eigenvalue weighted by Gasteiger charge is 2.10. The van der Waals surface area contributed by atoms with Gasteiger partial charge in [-0.2, -0.15) is 0 Å².